The molecule has 0 saturated heterocycles. The normalized spacial score (nSPS) is 9.88. The van der Waals surface area contributed by atoms with Gasteiger partial charge in [-0.2, -0.15) is 5.10 Å². The predicted molar refractivity (Wildman–Crippen MR) is 59.9 cm³/mol. The first-order chi connectivity index (χ1) is 8.15. The van der Waals surface area contributed by atoms with Gasteiger partial charge in [-0.1, -0.05) is 0 Å². The van der Waals surface area contributed by atoms with Gasteiger partial charge >= 0.3 is 0 Å². The summed E-state index contributed by atoms with van der Waals surface area (Å²) in [5, 5.41) is 8.23. The fourth-order valence-electron chi connectivity index (χ4n) is 1.19. The molecule has 2 rings (SSSR count). The van der Waals surface area contributed by atoms with Gasteiger partial charge in [-0.25, -0.2) is 5.10 Å². The fraction of sp³-hybridized carbons (Fsp3) is 0. The van der Waals surface area contributed by atoms with Crippen LogP contribution in [0.2, 0.25) is 0 Å². The van der Waals surface area contributed by atoms with Crippen molar-refractivity contribution in [3.8, 4) is 0 Å². The van der Waals surface area contributed by atoms with E-state index in [0.717, 1.165) is 0 Å². The molecule has 2 aromatic heterocycles. The minimum absolute atomic E-state index is 0.204. The zero-order valence-corrected chi connectivity index (χ0v) is 8.56. The molecule has 2 heterocycles. The number of carbonyl (C=O) groups is 1. The molecular formula is C10H8N4O3. The van der Waals surface area contributed by atoms with Crippen molar-refractivity contribution in [2.45, 2.75) is 0 Å². The van der Waals surface area contributed by atoms with Gasteiger partial charge in [-0.3, -0.25) is 14.4 Å². The van der Waals surface area contributed by atoms with Crippen LogP contribution in [0.25, 0.3) is 0 Å². The second-order valence-electron chi connectivity index (χ2n) is 3.20. The third-order valence-corrected chi connectivity index (χ3v) is 1.96. The fourth-order valence-corrected chi connectivity index (χ4v) is 1.19. The topological polar surface area (TPSA) is 108 Å². The van der Waals surface area contributed by atoms with Crippen LogP contribution in [0.15, 0.2) is 40.1 Å². The smallest absolute Gasteiger partial charge is 0.264 e. The highest BCUT2D eigenvalue weighted by Gasteiger charge is 2.06. The average molecular weight is 232 g/mol. The van der Waals surface area contributed by atoms with Crippen LogP contribution >= 0.6 is 0 Å². The molecule has 86 valence electrons. The Kier molecular flexibility index (Phi) is 2.82. The molecular weight excluding hydrogens is 224 g/mol. The molecule has 7 heteroatoms. The Bertz CT molecular complexity index is 638. The number of hydrogen-bond acceptors (Lipinski definition) is 4. The minimum Gasteiger partial charge on any atom is -0.329 e. The third-order valence-electron chi connectivity index (χ3n) is 1.96. The molecule has 0 bridgehead atoms. The van der Waals surface area contributed by atoms with E-state index in [9.17, 15) is 14.4 Å². The molecule has 0 fully saturated rings. The molecule has 0 radical (unpaired) electrons. The van der Waals surface area contributed by atoms with Crippen molar-refractivity contribution in [3.05, 3.63) is 56.7 Å². The number of H-pyrrole nitrogens is 2. The number of pyridine rings is 1. The largest absolute Gasteiger partial charge is 0.329 e. The number of amides is 1. The highest BCUT2D eigenvalue weighted by atomic mass is 16.2. The lowest BCUT2D eigenvalue weighted by atomic mass is 10.2. The van der Waals surface area contributed by atoms with E-state index >= 15 is 0 Å². The number of nitrogens with one attached hydrogen (secondary N) is 3. The Morgan fingerprint density at radius 3 is 2.65 bits per heavy atom. The standard InChI is InChI=1S/C10H8N4O3/c15-8-2-1-7(13-14-8)12-10(17)6-3-4-11-9(16)5-6/h1-5H,(H,11,16)(H,14,15)(H,12,13,17). The SMILES string of the molecule is O=C(Nc1ccc(=O)[nH]n1)c1cc[nH]c(=O)c1. The van der Waals surface area contributed by atoms with Crippen LogP contribution in [-0.2, 0) is 0 Å². The predicted octanol–water partition coefficient (Wildman–Crippen LogP) is -0.290. The number of rotatable bonds is 2. The maximum Gasteiger partial charge on any atom is 0.264 e. The molecule has 0 aliphatic carbocycles. The minimum atomic E-state index is -0.476. The second kappa shape index (κ2) is 4.44. The molecule has 7 nitrogen and oxygen atoms in total. The number of aromatic nitrogens is 3. The van der Waals surface area contributed by atoms with Gasteiger partial charge in [-0.15, -0.1) is 0 Å². The quantitative estimate of drug-likeness (QED) is 0.661. The van der Waals surface area contributed by atoms with Crippen molar-refractivity contribution in [3.63, 3.8) is 0 Å². The summed E-state index contributed by atoms with van der Waals surface area (Å²) < 4.78 is 0. The molecule has 0 spiro atoms. The van der Waals surface area contributed by atoms with Crippen LogP contribution in [0, 0.1) is 0 Å². The first-order valence-corrected chi connectivity index (χ1v) is 4.71. The van der Waals surface area contributed by atoms with Gasteiger partial charge in [0.2, 0.25) is 5.56 Å². The maximum atomic E-state index is 11.7. The summed E-state index contributed by atoms with van der Waals surface area (Å²) in [4.78, 5) is 35.8. The van der Waals surface area contributed by atoms with Crippen molar-refractivity contribution in [2.24, 2.45) is 0 Å². The zero-order valence-electron chi connectivity index (χ0n) is 8.56. The van der Waals surface area contributed by atoms with Crippen LogP contribution in [0.4, 0.5) is 5.82 Å². The number of hydrogen-bond donors (Lipinski definition) is 3. The molecule has 0 unspecified atom stereocenters. The Morgan fingerprint density at radius 2 is 2.00 bits per heavy atom. The second-order valence-corrected chi connectivity index (χ2v) is 3.20. The molecule has 1 amide bonds. The van der Waals surface area contributed by atoms with Crippen molar-refractivity contribution < 1.29 is 4.79 Å². The lowest BCUT2D eigenvalue weighted by Gasteiger charge is -2.02. The van der Waals surface area contributed by atoms with Crippen molar-refractivity contribution in [2.75, 3.05) is 5.32 Å². The summed E-state index contributed by atoms with van der Waals surface area (Å²) in [6, 6.07) is 5.23. The summed E-state index contributed by atoms with van der Waals surface area (Å²) in [7, 11) is 0. The number of aromatic amines is 2. The molecule has 0 aliphatic heterocycles. The highest BCUT2D eigenvalue weighted by Crippen LogP contribution is 2.01. The Labute approximate surface area is 94.5 Å². The molecule has 0 aromatic carbocycles. The van der Waals surface area contributed by atoms with Crippen LogP contribution in [0.5, 0.6) is 0 Å². The van der Waals surface area contributed by atoms with Gasteiger partial charge in [0.1, 0.15) is 0 Å². The first kappa shape index (κ1) is 10.8. The summed E-state index contributed by atoms with van der Waals surface area (Å²) in [5.74, 6) is -0.273. The van der Waals surface area contributed by atoms with E-state index in [-0.39, 0.29) is 22.5 Å². The van der Waals surface area contributed by atoms with E-state index in [1.54, 1.807) is 0 Å². The molecule has 0 saturated carbocycles. The summed E-state index contributed by atoms with van der Waals surface area (Å²) >= 11 is 0. The van der Waals surface area contributed by atoms with Crippen LogP contribution in [0.3, 0.4) is 0 Å². The van der Waals surface area contributed by atoms with Gasteiger partial charge < -0.3 is 10.3 Å². The zero-order chi connectivity index (χ0) is 12.3. The third kappa shape index (κ3) is 2.65. The van der Waals surface area contributed by atoms with Crippen LogP contribution < -0.4 is 16.4 Å². The molecule has 0 aliphatic rings. The number of carbonyl (C=O) groups excluding carboxylic acids is 1. The van der Waals surface area contributed by atoms with Crippen LogP contribution in [0.1, 0.15) is 10.4 Å². The van der Waals surface area contributed by atoms with Crippen molar-refractivity contribution in [1.82, 2.24) is 15.2 Å². The average Bonchev–Trinajstić information content (AvgIpc) is 2.32. The van der Waals surface area contributed by atoms with E-state index in [0.29, 0.717) is 0 Å². The van der Waals surface area contributed by atoms with E-state index < -0.39 is 5.91 Å². The van der Waals surface area contributed by atoms with Crippen molar-refractivity contribution in [1.29, 1.82) is 0 Å². The van der Waals surface area contributed by atoms with Gasteiger partial charge in [0.15, 0.2) is 5.82 Å². The Balaban J connectivity index is 2.20. The lowest BCUT2D eigenvalue weighted by molar-refractivity contribution is 0.102. The summed E-state index contributed by atoms with van der Waals surface area (Å²) in [5.41, 5.74) is -0.520. The maximum absolute atomic E-state index is 11.7. The highest BCUT2D eigenvalue weighted by molar-refractivity contribution is 6.03. The van der Waals surface area contributed by atoms with Crippen molar-refractivity contribution >= 4 is 11.7 Å². The Morgan fingerprint density at radius 1 is 1.18 bits per heavy atom. The van der Waals surface area contributed by atoms with E-state index in [1.807, 2.05) is 0 Å². The molecule has 3 N–H and O–H groups in total. The number of nitrogens with zero attached hydrogens (tertiary/aromatic N) is 1. The lowest BCUT2D eigenvalue weighted by Crippen LogP contribution is -2.17. The van der Waals surface area contributed by atoms with Gasteiger partial charge in [0.05, 0.1) is 0 Å². The van der Waals surface area contributed by atoms with Gasteiger partial charge in [0, 0.05) is 23.9 Å². The summed E-state index contributed by atoms with van der Waals surface area (Å²) in [6.45, 7) is 0. The first-order valence-electron chi connectivity index (χ1n) is 4.71. The molecule has 0 atom stereocenters. The van der Waals surface area contributed by atoms with E-state index in [4.69, 9.17) is 0 Å². The van der Waals surface area contributed by atoms with Crippen LogP contribution in [-0.4, -0.2) is 21.1 Å². The van der Waals surface area contributed by atoms with E-state index in [1.165, 1.54) is 30.5 Å². The monoisotopic (exact) mass is 232 g/mol. The molecule has 2 aromatic rings. The van der Waals surface area contributed by atoms with Gasteiger partial charge in [0.25, 0.3) is 11.5 Å². The molecule has 17 heavy (non-hydrogen) atoms. The Hall–Kier alpha value is -2.70. The van der Waals surface area contributed by atoms with Gasteiger partial charge in [-0.05, 0) is 12.1 Å². The number of anilines is 1. The van der Waals surface area contributed by atoms with E-state index in [2.05, 4.69) is 20.5 Å². The summed E-state index contributed by atoms with van der Waals surface area (Å²) in [6.07, 6.45) is 1.37.